The molecular weight excluding hydrogens is 242 g/mol. The number of aliphatic hydroxyl groups is 1. The molecule has 0 bridgehead atoms. The van der Waals surface area contributed by atoms with Crippen LogP contribution in [-0.2, 0) is 6.54 Å². The summed E-state index contributed by atoms with van der Waals surface area (Å²) in [7, 11) is 0. The van der Waals surface area contributed by atoms with Gasteiger partial charge in [-0.25, -0.2) is 0 Å². The molecule has 0 aliphatic heterocycles. The van der Waals surface area contributed by atoms with E-state index in [2.05, 4.69) is 10.5 Å². The zero-order valence-corrected chi connectivity index (χ0v) is 10.6. The Kier molecular flexibility index (Phi) is 4.29. The second-order valence-electron chi connectivity index (χ2n) is 4.31. The number of aliphatic hydroxyl groups excluding tert-OH is 1. The molecule has 5 nitrogen and oxygen atoms in total. The van der Waals surface area contributed by atoms with Crippen LogP contribution in [0.2, 0.25) is 0 Å². The molecular formula is C14H15N3O2. The van der Waals surface area contributed by atoms with Crippen LogP contribution in [-0.4, -0.2) is 16.8 Å². The number of nitrogens with one attached hydrogen (secondary N) is 1. The zero-order valence-electron chi connectivity index (χ0n) is 10.6. The number of nitriles is 1. The van der Waals surface area contributed by atoms with Crippen molar-refractivity contribution in [3.63, 3.8) is 0 Å². The van der Waals surface area contributed by atoms with E-state index in [1.807, 2.05) is 19.1 Å². The molecule has 0 amide bonds. The third-order valence-electron chi connectivity index (χ3n) is 2.75. The van der Waals surface area contributed by atoms with Crippen molar-refractivity contribution in [3.8, 4) is 6.07 Å². The van der Waals surface area contributed by atoms with Crippen molar-refractivity contribution in [2.45, 2.75) is 19.6 Å². The summed E-state index contributed by atoms with van der Waals surface area (Å²) in [5, 5.41) is 25.6. The Morgan fingerprint density at radius 3 is 2.74 bits per heavy atom. The molecule has 0 saturated carbocycles. The first-order valence-electron chi connectivity index (χ1n) is 6.00. The first-order chi connectivity index (χ1) is 9.19. The standard InChI is InChI=1S/C14H15N3O2/c1-10-6-13(17-19-10)8-16-9-14(18)12-4-2-11(7-15)3-5-12/h2-6,14,16,18H,8-9H2,1H3. The van der Waals surface area contributed by atoms with Crippen LogP contribution in [0.1, 0.15) is 28.7 Å². The van der Waals surface area contributed by atoms with Crippen molar-refractivity contribution in [2.75, 3.05) is 6.54 Å². The summed E-state index contributed by atoms with van der Waals surface area (Å²) in [5.41, 5.74) is 2.18. The zero-order chi connectivity index (χ0) is 13.7. The molecule has 2 N–H and O–H groups in total. The number of benzene rings is 1. The van der Waals surface area contributed by atoms with E-state index in [0.717, 1.165) is 17.0 Å². The SMILES string of the molecule is Cc1cc(CNCC(O)c2ccc(C#N)cc2)no1. The lowest BCUT2D eigenvalue weighted by Gasteiger charge is -2.11. The lowest BCUT2D eigenvalue weighted by atomic mass is 10.1. The highest BCUT2D eigenvalue weighted by Crippen LogP contribution is 2.13. The normalized spacial score (nSPS) is 12.1. The van der Waals surface area contributed by atoms with E-state index in [9.17, 15) is 5.11 Å². The van der Waals surface area contributed by atoms with Gasteiger partial charge in [-0.15, -0.1) is 0 Å². The molecule has 2 aromatic rings. The predicted octanol–water partition coefficient (Wildman–Crippen LogP) is 1.68. The summed E-state index contributed by atoms with van der Waals surface area (Å²) in [5.74, 6) is 0.768. The van der Waals surface area contributed by atoms with Gasteiger partial charge in [0.1, 0.15) is 5.76 Å². The lowest BCUT2D eigenvalue weighted by molar-refractivity contribution is 0.174. The Morgan fingerprint density at radius 2 is 2.16 bits per heavy atom. The Bertz CT molecular complexity index is 569. The third-order valence-corrected chi connectivity index (χ3v) is 2.75. The first-order valence-corrected chi connectivity index (χ1v) is 6.00. The second-order valence-corrected chi connectivity index (χ2v) is 4.31. The van der Waals surface area contributed by atoms with Crippen LogP contribution in [0.3, 0.4) is 0 Å². The molecule has 1 aromatic carbocycles. The Labute approximate surface area is 111 Å². The van der Waals surface area contributed by atoms with Gasteiger partial charge in [0, 0.05) is 19.2 Å². The summed E-state index contributed by atoms with van der Waals surface area (Å²) in [6.45, 7) is 2.80. The van der Waals surface area contributed by atoms with Crippen molar-refractivity contribution in [3.05, 3.63) is 52.9 Å². The molecule has 2 rings (SSSR count). The van der Waals surface area contributed by atoms with Crippen molar-refractivity contribution < 1.29 is 9.63 Å². The van der Waals surface area contributed by atoms with Crippen LogP contribution < -0.4 is 5.32 Å². The fourth-order valence-corrected chi connectivity index (χ4v) is 1.74. The summed E-state index contributed by atoms with van der Waals surface area (Å²) >= 11 is 0. The maximum atomic E-state index is 9.98. The Morgan fingerprint density at radius 1 is 1.42 bits per heavy atom. The van der Waals surface area contributed by atoms with Gasteiger partial charge in [-0.2, -0.15) is 5.26 Å². The molecule has 98 valence electrons. The van der Waals surface area contributed by atoms with Crippen LogP contribution in [0.5, 0.6) is 0 Å². The first kappa shape index (κ1) is 13.3. The van der Waals surface area contributed by atoms with Gasteiger partial charge in [0.2, 0.25) is 0 Å². The molecule has 5 heteroatoms. The molecule has 1 heterocycles. The van der Waals surface area contributed by atoms with Gasteiger partial charge in [-0.3, -0.25) is 0 Å². The van der Waals surface area contributed by atoms with Crippen molar-refractivity contribution in [2.24, 2.45) is 0 Å². The molecule has 0 fully saturated rings. The number of hydrogen-bond acceptors (Lipinski definition) is 5. The van der Waals surface area contributed by atoms with E-state index < -0.39 is 6.10 Å². The molecule has 1 atom stereocenters. The van der Waals surface area contributed by atoms with E-state index in [4.69, 9.17) is 9.78 Å². The molecule has 0 spiro atoms. The summed E-state index contributed by atoms with van der Waals surface area (Å²) in [4.78, 5) is 0. The van der Waals surface area contributed by atoms with Crippen molar-refractivity contribution in [1.82, 2.24) is 10.5 Å². The number of nitrogens with zero attached hydrogens (tertiary/aromatic N) is 2. The van der Waals surface area contributed by atoms with E-state index in [0.29, 0.717) is 18.7 Å². The highest BCUT2D eigenvalue weighted by Gasteiger charge is 2.07. The minimum atomic E-state index is -0.610. The Hall–Kier alpha value is -2.16. The summed E-state index contributed by atoms with van der Waals surface area (Å²) in [6.07, 6.45) is -0.610. The summed E-state index contributed by atoms with van der Waals surface area (Å²) in [6, 6.07) is 10.8. The lowest BCUT2D eigenvalue weighted by Crippen LogP contribution is -2.21. The molecule has 0 aliphatic rings. The van der Waals surface area contributed by atoms with Crippen molar-refractivity contribution >= 4 is 0 Å². The van der Waals surface area contributed by atoms with Crippen LogP contribution >= 0.6 is 0 Å². The fraction of sp³-hybridized carbons (Fsp3) is 0.286. The predicted molar refractivity (Wildman–Crippen MR) is 69.1 cm³/mol. The topological polar surface area (TPSA) is 82.1 Å². The van der Waals surface area contributed by atoms with E-state index >= 15 is 0 Å². The highest BCUT2D eigenvalue weighted by atomic mass is 16.5. The van der Waals surface area contributed by atoms with Crippen LogP contribution in [0, 0.1) is 18.3 Å². The molecule has 0 radical (unpaired) electrons. The molecule has 0 aliphatic carbocycles. The van der Waals surface area contributed by atoms with Gasteiger partial charge < -0.3 is 14.9 Å². The second kappa shape index (κ2) is 6.14. The number of hydrogen-bond donors (Lipinski definition) is 2. The van der Waals surface area contributed by atoms with Gasteiger partial charge in [0.05, 0.1) is 23.4 Å². The minimum absolute atomic E-state index is 0.414. The number of aromatic nitrogens is 1. The maximum Gasteiger partial charge on any atom is 0.133 e. The van der Waals surface area contributed by atoms with E-state index in [1.54, 1.807) is 24.3 Å². The monoisotopic (exact) mass is 257 g/mol. The maximum absolute atomic E-state index is 9.98. The number of rotatable bonds is 5. The molecule has 19 heavy (non-hydrogen) atoms. The van der Waals surface area contributed by atoms with E-state index in [-0.39, 0.29) is 0 Å². The van der Waals surface area contributed by atoms with Gasteiger partial charge in [-0.05, 0) is 24.6 Å². The average molecular weight is 257 g/mol. The molecule has 1 unspecified atom stereocenters. The summed E-state index contributed by atoms with van der Waals surface area (Å²) < 4.78 is 4.95. The van der Waals surface area contributed by atoms with E-state index in [1.165, 1.54) is 0 Å². The van der Waals surface area contributed by atoms with Crippen LogP contribution in [0.4, 0.5) is 0 Å². The Balaban J connectivity index is 1.83. The minimum Gasteiger partial charge on any atom is -0.387 e. The third kappa shape index (κ3) is 3.65. The fourth-order valence-electron chi connectivity index (χ4n) is 1.74. The van der Waals surface area contributed by atoms with Crippen LogP contribution in [0.15, 0.2) is 34.9 Å². The molecule has 0 saturated heterocycles. The largest absolute Gasteiger partial charge is 0.387 e. The van der Waals surface area contributed by atoms with Gasteiger partial charge >= 0.3 is 0 Å². The van der Waals surface area contributed by atoms with Gasteiger partial charge in [-0.1, -0.05) is 17.3 Å². The van der Waals surface area contributed by atoms with Crippen LogP contribution in [0.25, 0.3) is 0 Å². The quantitative estimate of drug-likeness (QED) is 0.851. The average Bonchev–Trinajstić information content (AvgIpc) is 2.84. The highest BCUT2D eigenvalue weighted by molar-refractivity contribution is 5.32. The van der Waals surface area contributed by atoms with Crippen molar-refractivity contribution in [1.29, 1.82) is 5.26 Å². The number of aryl methyl sites for hydroxylation is 1. The smallest absolute Gasteiger partial charge is 0.133 e. The van der Waals surface area contributed by atoms with Gasteiger partial charge in [0.25, 0.3) is 0 Å². The molecule has 1 aromatic heterocycles. The van der Waals surface area contributed by atoms with Gasteiger partial charge in [0.15, 0.2) is 0 Å².